The van der Waals surface area contributed by atoms with Gasteiger partial charge in [-0.15, -0.1) is 0 Å². The fraction of sp³-hybridized carbons (Fsp3) is 0.0769. The monoisotopic (exact) mass is 212 g/mol. The zero-order valence-corrected chi connectivity index (χ0v) is 8.59. The van der Waals surface area contributed by atoms with Crippen molar-refractivity contribution in [3.63, 3.8) is 0 Å². The van der Waals surface area contributed by atoms with Crippen molar-refractivity contribution in [2.45, 2.75) is 6.61 Å². The van der Waals surface area contributed by atoms with Crippen LogP contribution in [0.1, 0.15) is 16.1 Å². The summed E-state index contributed by atoms with van der Waals surface area (Å²) >= 11 is 0. The molecule has 0 aliphatic rings. The summed E-state index contributed by atoms with van der Waals surface area (Å²) in [6, 6.07) is 15.6. The van der Waals surface area contributed by atoms with Gasteiger partial charge in [0.2, 0.25) is 0 Å². The molecular weight excluding hydrogens is 202 g/mol. The van der Waals surface area contributed by atoms with Gasteiger partial charge < -0.3 is 4.74 Å². The zero-order chi connectivity index (χ0) is 11.2. The molecule has 1 heterocycles. The lowest BCUT2D eigenvalue weighted by atomic mass is 10.2. The Bertz CT molecular complexity index is 454. The summed E-state index contributed by atoms with van der Waals surface area (Å²) in [4.78, 5) is 15.4. The Morgan fingerprint density at radius 3 is 2.75 bits per heavy atom. The summed E-state index contributed by atoms with van der Waals surface area (Å²) in [6.07, 6.45) is 1.54. The van der Waals surface area contributed by atoms with Gasteiger partial charge in [0.15, 0.2) is 5.69 Å². The van der Waals surface area contributed by atoms with E-state index in [-0.39, 0.29) is 12.3 Å². The third kappa shape index (κ3) is 2.67. The molecule has 0 spiro atoms. The predicted octanol–water partition coefficient (Wildman–Crippen LogP) is 2.24. The van der Waals surface area contributed by atoms with Crippen molar-refractivity contribution in [1.82, 2.24) is 4.98 Å². The number of ether oxygens (including phenoxy) is 1. The fourth-order valence-corrected chi connectivity index (χ4v) is 1.23. The van der Waals surface area contributed by atoms with Crippen LogP contribution in [0.2, 0.25) is 0 Å². The van der Waals surface area contributed by atoms with Crippen LogP contribution in [-0.2, 0) is 11.3 Å². The van der Waals surface area contributed by atoms with Crippen molar-refractivity contribution in [3.8, 4) is 0 Å². The Labute approximate surface area is 93.7 Å². The molecule has 79 valence electrons. The molecule has 1 aromatic carbocycles. The van der Waals surface area contributed by atoms with E-state index in [1.807, 2.05) is 30.3 Å². The van der Waals surface area contributed by atoms with Crippen LogP contribution >= 0.6 is 0 Å². The molecule has 1 radical (unpaired) electrons. The average molecular weight is 212 g/mol. The molecule has 2 rings (SSSR count). The molecule has 1 aromatic heterocycles. The molecule has 0 fully saturated rings. The molecule has 0 amide bonds. The van der Waals surface area contributed by atoms with Gasteiger partial charge in [-0.2, -0.15) is 0 Å². The Kier molecular flexibility index (Phi) is 3.28. The lowest BCUT2D eigenvalue weighted by Gasteiger charge is -2.03. The number of rotatable bonds is 3. The molecule has 0 saturated carbocycles. The third-order valence-electron chi connectivity index (χ3n) is 2.01. The molecule has 0 saturated heterocycles. The Morgan fingerprint density at radius 1 is 1.25 bits per heavy atom. The summed E-state index contributed by atoms with van der Waals surface area (Å²) in [5.74, 6) is -0.454. The number of benzene rings is 1. The van der Waals surface area contributed by atoms with Crippen molar-refractivity contribution in [3.05, 3.63) is 66.0 Å². The molecule has 0 unspecified atom stereocenters. The molecule has 3 nitrogen and oxygen atoms in total. The number of aromatic nitrogens is 1. The Hall–Kier alpha value is -2.16. The number of nitrogens with zero attached hydrogens (tertiary/aromatic N) is 1. The molecule has 2 aromatic rings. The predicted molar refractivity (Wildman–Crippen MR) is 58.6 cm³/mol. The summed E-state index contributed by atoms with van der Waals surface area (Å²) in [6.45, 7) is 0.254. The van der Waals surface area contributed by atoms with E-state index in [0.717, 1.165) is 5.56 Å². The largest absolute Gasteiger partial charge is 0.456 e. The summed E-state index contributed by atoms with van der Waals surface area (Å²) < 4.78 is 5.08. The zero-order valence-electron chi connectivity index (χ0n) is 8.59. The lowest BCUT2D eigenvalue weighted by molar-refractivity contribution is 0.0465. The highest BCUT2D eigenvalue weighted by atomic mass is 16.5. The summed E-state index contributed by atoms with van der Waals surface area (Å²) in [7, 11) is 0. The minimum Gasteiger partial charge on any atom is -0.456 e. The number of hydrogen-bond acceptors (Lipinski definition) is 3. The quantitative estimate of drug-likeness (QED) is 0.732. The van der Waals surface area contributed by atoms with Gasteiger partial charge in [-0.25, -0.2) is 9.78 Å². The van der Waals surface area contributed by atoms with Crippen LogP contribution in [0.4, 0.5) is 0 Å². The second-order valence-electron chi connectivity index (χ2n) is 3.19. The van der Waals surface area contributed by atoms with Crippen LogP contribution in [0.25, 0.3) is 0 Å². The Balaban J connectivity index is 1.95. The van der Waals surface area contributed by atoms with Gasteiger partial charge in [-0.05, 0) is 11.6 Å². The van der Waals surface area contributed by atoms with Crippen molar-refractivity contribution < 1.29 is 9.53 Å². The number of pyridine rings is 1. The minimum absolute atomic E-state index is 0.207. The SMILES string of the molecule is O=C(OCc1ccccc1)c1[c]cccn1. The van der Waals surface area contributed by atoms with E-state index in [4.69, 9.17) is 4.74 Å². The van der Waals surface area contributed by atoms with Gasteiger partial charge in [-0.3, -0.25) is 0 Å². The van der Waals surface area contributed by atoms with Crippen molar-refractivity contribution in [2.24, 2.45) is 0 Å². The molecule has 0 N–H and O–H groups in total. The van der Waals surface area contributed by atoms with Crippen LogP contribution in [0.5, 0.6) is 0 Å². The summed E-state index contributed by atoms with van der Waals surface area (Å²) in [5.41, 5.74) is 1.16. The van der Waals surface area contributed by atoms with Gasteiger partial charge in [-0.1, -0.05) is 36.4 Å². The van der Waals surface area contributed by atoms with E-state index in [9.17, 15) is 4.79 Å². The second kappa shape index (κ2) is 5.07. The number of hydrogen-bond donors (Lipinski definition) is 0. The molecular formula is C13H10NO2. The highest BCUT2D eigenvalue weighted by Gasteiger charge is 2.07. The number of carbonyl (C=O) groups excluding carboxylic acids is 1. The van der Waals surface area contributed by atoms with E-state index in [0.29, 0.717) is 0 Å². The van der Waals surface area contributed by atoms with Gasteiger partial charge in [0.25, 0.3) is 0 Å². The minimum atomic E-state index is -0.454. The van der Waals surface area contributed by atoms with E-state index < -0.39 is 5.97 Å². The molecule has 0 bridgehead atoms. The van der Waals surface area contributed by atoms with Crippen LogP contribution < -0.4 is 0 Å². The number of esters is 1. The van der Waals surface area contributed by atoms with E-state index in [1.165, 1.54) is 6.20 Å². The first-order chi connectivity index (χ1) is 7.86. The number of carbonyl (C=O) groups is 1. The van der Waals surface area contributed by atoms with Crippen LogP contribution in [0, 0.1) is 6.07 Å². The first-order valence-electron chi connectivity index (χ1n) is 4.90. The highest BCUT2D eigenvalue weighted by Crippen LogP contribution is 2.03. The maximum absolute atomic E-state index is 11.5. The first-order valence-corrected chi connectivity index (χ1v) is 4.90. The average Bonchev–Trinajstić information content (AvgIpc) is 2.38. The van der Waals surface area contributed by atoms with E-state index >= 15 is 0 Å². The van der Waals surface area contributed by atoms with E-state index in [1.54, 1.807) is 12.1 Å². The molecule has 16 heavy (non-hydrogen) atoms. The first kappa shape index (κ1) is 10.4. The molecule has 0 atom stereocenters. The van der Waals surface area contributed by atoms with E-state index in [2.05, 4.69) is 11.1 Å². The van der Waals surface area contributed by atoms with Gasteiger partial charge in [0.05, 0.1) is 0 Å². The van der Waals surface area contributed by atoms with Crippen LogP contribution in [0.15, 0.2) is 48.7 Å². The maximum Gasteiger partial charge on any atom is 0.357 e. The fourth-order valence-electron chi connectivity index (χ4n) is 1.23. The Morgan fingerprint density at radius 2 is 2.06 bits per heavy atom. The van der Waals surface area contributed by atoms with Crippen molar-refractivity contribution in [1.29, 1.82) is 0 Å². The molecule has 3 heteroatoms. The third-order valence-corrected chi connectivity index (χ3v) is 2.01. The van der Waals surface area contributed by atoms with Crippen LogP contribution in [-0.4, -0.2) is 11.0 Å². The van der Waals surface area contributed by atoms with Crippen LogP contribution in [0.3, 0.4) is 0 Å². The van der Waals surface area contributed by atoms with Gasteiger partial charge >= 0.3 is 5.97 Å². The van der Waals surface area contributed by atoms with Gasteiger partial charge in [0.1, 0.15) is 6.61 Å². The van der Waals surface area contributed by atoms with Crippen molar-refractivity contribution >= 4 is 5.97 Å². The summed E-state index contributed by atoms with van der Waals surface area (Å²) in [5, 5.41) is 0. The normalized spacial score (nSPS) is 9.75. The smallest absolute Gasteiger partial charge is 0.357 e. The molecule has 0 aliphatic heterocycles. The van der Waals surface area contributed by atoms with Crippen molar-refractivity contribution in [2.75, 3.05) is 0 Å². The molecule has 0 aliphatic carbocycles. The highest BCUT2D eigenvalue weighted by molar-refractivity contribution is 5.86. The standard InChI is InChI=1S/C13H10NO2/c15-13(12-8-4-5-9-14-12)16-10-11-6-2-1-3-7-11/h1-7,9H,10H2. The topological polar surface area (TPSA) is 39.2 Å². The lowest BCUT2D eigenvalue weighted by Crippen LogP contribution is -2.07. The maximum atomic E-state index is 11.5. The van der Waals surface area contributed by atoms with Gasteiger partial charge in [0, 0.05) is 12.3 Å². The second-order valence-corrected chi connectivity index (χ2v) is 3.19.